The van der Waals surface area contributed by atoms with E-state index in [1.165, 1.54) is 5.56 Å². The van der Waals surface area contributed by atoms with Crippen LogP contribution in [0.15, 0.2) is 24.3 Å². The van der Waals surface area contributed by atoms with Gasteiger partial charge in [-0.1, -0.05) is 23.7 Å². The minimum atomic E-state index is -0.704. The molecule has 0 bridgehead atoms. The molecule has 4 nitrogen and oxygen atoms in total. The van der Waals surface area contributed by atoms with Crippen LogP contribution in [-0.4, -0.2) is 53.6 Å². The quantitative estimate of drug-likeness (QED) is 0.877. The smallest absolute Gasteiger partial charge is 0.303 e. The number of hydrogen-bond acceptors (Lipinski definition) is 3. The average Bonchev–Trinajstić information content (AvgIpc) is 2.48. The molecule has 1 N–H and O–H groups in total. The first-order valence-electron chi connectivity index (χ1n) is 7.50. The third-order valence-electron chi connectivity index (χ3n) is 4.17. The van der Waals surface area contributed by atoms with Gasteiger partial charge in [-0.3, -0.25) is 9.69 Å². The van der Waals surface area contributed by atoms with Crippen LogP contribution in [0.5, 0.6) is 0 Å². The molecule has 0 spiro atoms. The molecule has 1 aromatic carbocycles. The Balaban J connectivity index is 1.77. The molecule has 1 saturated heterocycles. The van der Waals surface area contributed by atoms with E-state index in [0.717, 1.165) is 44.2 Å². The first-order chi connectivity index (χ1) is 10.1. The summed E-state index contributed by atoms with van der Waals surface area (Å²) in [6.07, 6.45) is 1.00. The predicted octanol–water partition coefficient (Wildman–Crippen LogP) is 2.88. The third-order valence-corrected chi connectivity index (χ3v) is 4.42. The highest BCUT2D eigenvalue weighted by Crippen LogP contribution is 2.23. The van der Waals surface area contributed by atoms with Crippen molar-refractivity contribution in [3.8, 4) is 0 Å². The van der Waals surface area contributed by atoms with Crippen LogP contribution in [0.1, 0.15) is 31.4 Å². The minimum absolute atomic E-state index is 0.265. The van der Waals surface area contributed by atoms with Crippen LogP contribution in [-0.2, 0) is 4.79 Å². The molecule has 1 heterocycles. The highest BCUT2D eigenvalue weighted by Gasteiger charge is 2.21. The second kappa shape index (κ2) is 7.78. The number of carbonyl (C=O) groups is 1. The van der Waals surface area contributed by atoms with Gasteiger partial charge in [0.05, 0.1) is 0 Å². The maximum Gasteiger partial charge on any atom is 0.303 e. The van der Waals surface area contributed by atoms with Gasteiger partial charge in [-0.15, -0.1) is 0 Å². The maximum atomic E-state index is 10.5. The number of aliphatic carboxylic acids is 1. The lowest BCUT2D eigenvalue weighted by molar-refractivity contribution is -0.137. The monoisotopic (exact) mass is 310 g/mol. The van der Waals surface area contributed by atoms with Crippen molar-refractivity contribution >= 4 is 17.6 Å². The van der Waals surface area contributed by atoms with E-state index in [1.54, 1.807) is 0 Å². The minimum Gasteiger partial charge on any atom is -0.481 e. The van der Waals surface area contributed by atoms with E-state index in [-0.39, 0.29) is 6.42 Å². The topological polar surface area (TPSA) is 43.8 Å². The number of rotatable bonds is 6. The van der Waals surface area contributed by atoms with Crippen LogP contribution in [0.4, 0.5) is 0 Å². The SMILES string of the molecule is C[C@H](c1ccc(Cl)cc1)N1CCN(CCCC(=O)O)CC1. The third kappa shape index (κ3) is 4.99. The van der Waals surface area contributed by atoms with E-state index in [0.29, 0.717) is 6.04 Å². The molecule has 21 heavy (non-hydrogen) atoms. The van der Waals surface area contributed by atoms with Gasteiger partial charge in [-0.2, -0.15) is 0 Å². The summed E-state index contributed by atoms with van der Waals surface area (Å²) in [5, 5.41) is 9.44. The van der Waals surface area contributed by atoms with E-state index in [1.807, 2.05) is 12.1 Å². The van der Waals surface area contributed by atoms with Crippen molar-refractivity contribution in [3.05, 3.63) is 34.9 Å². The van der Waals surface area contributed by atoms with Gasteiger partial charge < -0.3 is 10.0 Å². The van der Waals surface area contributed by atoms with Crippen LogP contribution in [0.25, 0.3) is 0 Å². The van der Waals surface area contributed by atoms with Crippen LogP contribution in [0.2, 0.25) is 5.02 Å². The molecule has 0 unspecified atom stereocenters. The van der Waals surface area contributed by atoms with Crippen molar-refractivity contribution in [1.29, 1.82) is 0 Å². The van der Waals surface area contributed by atoms with Crippen LogP contribution < -0.4 is 0 Å². The Kier molecular flexibility index (Phi) is 6.03. The fraction of sp³-hybridized carbons (Fsp3) is 0.562. The molecule has 0 aromatic heterocycles. The molecule has 5 heteroatoms. The van der Waals surface area contributed by atoms with E-state index >= 15 is 0 Å². The number of halogens is 1. The zero-order valence-corrected chi connectivity index (χ0v) is 13.2. The normalized spacial score (nSPS) is 18.6. The maximum absolute atomic E-state index is 10.5. The molecule has 1 atom stereocenters. The molecule has 0 aliphatic carbocycles. The fourth-order valence-corrected chi connectivity index (χ4v) is 2.91. The first-order valence-corrected chi connectivity index (χ1v) is 7.87. The summed E-state index contributed by atoms with van der Waals surface area (Å²) in [6.45, 7) is 7.18. The van der Waals surface area contributed by atoms with Gasteiger partial charge >= 0.3 is 5.97 Å². The largest absolute Gasteiger partial charge is 0.481 e. The standard InChI is InChI=1S/C16H23ClN2O2/c1-13(14-4-6-15(17)7-5-14)19-11-9-18(10-12-19)8-2-3-16(20)21/h4-7,13H,2-3,8-12H2,1H3,(H,20,21)/t13-/m1/s1. The highest BCUT2D eigenvalue weighted by atomic mass is 35.5. The fourth-order valence-electron chi connectivity index (χ4n) is 2.78. The van der Waals surface area contributed by atoms with E-state index in [2.05, 4.69) is 28.9 Å². The van der Waals surface area contributed by atoms with Gasteiger partial charge in [0, 0.05) is 43.7 Å². The van der Waals surface area contributed by atoms with Crippen LogP contribution >= 0.6 is 11.6 Å². The summed E-state index contributed by atoms with van der Waals surface area (Å²) < 4.78 is 0. The van der Waals surface area contributed by atoms with Crippen molar-refractivity contribution in [3.63, 3.8) is 0 Å². The Morgan fingerprint density at radius 1 is 1.24 bits per heavy atom. The first kappa shape index (κ1) is 16.3. The zero-order chi connectivity index (χ0) is 15.2. The van der Waals surface area contributed by atoms with E-state index in [9.17, 15) is 4.79 Å². The molecule has 1 fully saturated rings. The van der Waals surface area contributed by atoms with E-state index in [4.69, 9.17) is 16.7 Å². The zero-order valence-electron chi connectivity index (χ0n) is 12.5. The molecule has 1 aliphatic heterocycles. The van der Waals surface area contributed by atoms with Gasteiger partial charge in [-0.25, -0.2) is 0 Å². The molecular formula is C16H23ClN2O2. The Morgan fingerprint density at radius 2 is 1.86 bits per heavy atom. The summed E-state index contributed by atoms with van der Waals surface area (Å²) in [5.41, 5.74) is 1.29. The lowest BCUT2D eigenvalue weighted by Crippen LogP contribution is -2.47. The predicted molar refractivity (Wildman–Crippen MR) is 84.7 cm³/mol. The van der Waals surface area contributed by atoms with Crippen LogP contribution in [0.3, 0.4) is 0 Å². The molecular weight excluding hydrogens is 288 g/mol. The van der Waals surface area contributed by atoms with Crippen LogP contribution in [0, 0.1) is 0 Å². The molecule has 116 valence electrons. The number of carboxylic acid groups (broad SMARTS) is 1. The Hall–Kier alpha value is -1.10. The Labute approximate surface area is 131 Å². The molecule has 1 aromatic rings. The Morgan fingerprint density at radius 3 is 2.43 bits per heavy atom. The molecule has 1 aliphatic rings. The number of nitrogens with zero attached hydrogens (tertiary/aromatic N) is 2. The number of benzene rings is 1. The average molecular weight is 311 g/mol. The highest BCUT2D eigenvalue weighted by molar-refractivity contribution is 6.30. The lowest BCUT2D eigenvalue weighted by atomic mass is 10.1. The molecule has 2 rings (SSSR count). The summed E-state index contributed by atoms with van der Waals surface area (Å²) in [5.74, 6) is -0.704. The Bertz CT molecular complexity index is 456. The molecule has 0 saturated carbocycles. The second-order valence-electron chi connectivity index (χ2n) is 5.60. The van der Waals surface area contributed by atoms with Gasteiger partial charge in [-0.05, 0) is 37.6 Å². The number of hydrogen-bond donors (Lipinski definition) is 1. The summed E-state index contributed by atoms with van der Waals surface area (Å²) >= 11 is 5.93. The van der Waals surface area contributed by atoms with Crippen molar-refractivity contribution in [2.45, 2.75) is 25.8 Å². The van der Waals surface area contributed by atoms with Gasteiger partial charge in [0.1, 0.15) is 0 Å². The summed E-state index contributed by atoms with van der Waals surface area (Å²) in [7, 11) is 0. The second-order valence-corrected chi connectivity index (χ2v) is 6.04. The van der Waals surface area contributed by atoms with Crippen molar-refractivity contribution in [2.24, 2.45) is 0 Å². The molecule has 0 amide bonds. The van der Waals surface area contributed by atoms with Gasteiger partial charge in [0.2, 0.25) is 0 Å². The van der Waals surface area contributed by atoms with E-state index < -0.39 is 5.97 Å². The van der Waals surface area contributed by atoms with Crippen molar-refractivity contribution < 1.29 is 9.90 Å². The van der Waals surface area contributed by atoms with Crippen molar-refractivity contribution in [1.82, 2.24) is 9.80 Å². The number of carboxylic acids is 1. The van der Waals surface area contributed by atoms with Gasteiger partial charge in [0.25, 0.3) is 0 Å². The van der Waals surface area contributed by atoms with Crippen molar-refractivity contribution in [2.75, 3.05) is 32.7 Å². The summed E-state index contributed by atoms with van der Waals surface area (Å²) in [6, 6.07) is 8.45. The number of piperazine rings is 1. The lowest BCUT2D eigenvalue weighted by Gasteiger charge is -2.38. The summed E-state index contributed by atoms with van der Waals surface area (Å²) in [4.78, 5) is 15.4. The van der Waals surface area contributed by atoms with Gasteiger partial charge in [0.15, 0.2) is 0 Å². The molecule has 0 radical (unpaired) electrons.